The van der Waals surface area contributed by atoms with Crippen LogP contribution in [0.25, 0.3) is 0 Å². The maximum atomic E-state index is 13.0. The molecule has 1 saturated carbocycles. The Kier molecular flexibility index (Phi) is 4.66. The SMILES string of the molecule is COC(=O)[C@@H]1CC[C@@H]2C[C@@H](NC3CC(F)C3)CCCC(=O)N21. The second-order valence-corrected chi connectivity index (χ2v) is 6.83. The zero-order valence-electron chi connectivity index (χ0n) is 13.1. The average Bonchev–Trinajstić information content (AvgIpc) is 2.86. The van der Waals surface area contributed by atoms with Crippen LogP contribution in [0, 0.1) is 0 Å². The van der Waals surface area contributed by atoms with Gasteiger partial charge in [-0.1, -0.05) is 0 Å². The molecule has 0 unspecified atom stereocenters. The minimum Gasteiger partial charge on any atom is -0.467 e. The van der Waals surface area contributed by atoms with Gasteiger partial charge in [0.15, 0.2) is 0 Å². The van der Waals surface area contributed by atoms with Gasteiger partial charge >= 0.3 is 5.97 Å². The van der Waals surface area contributed by atoms with E-state index in [0.717, 1.165) is 25.7 Å². The van der Waals surface area contributed by atoms with Crippen LogP contribution >= 0.6 is 0 Å². The van der Waals surface area contributed by atoms with Gasteiger partial charge in [-0.15, -0.1) is 0 Å². The van der Waals surface area contributed by atoms with Gasteiger partial charge in [0, 0.05) is 24.5 Å². The highest BCUT2D eigenvalue weighted by Gasteiger charge is 2.43. The number of halogens is 1. The van der Waals surface area contributed by atoms with Crippen LogP contribution in [-0.2, 0) is 14.3 Å². The van der Waals surface area contributed by atoms with E-state index >= 15 is 0 Å². The molecule has 1 N–H and O–H groups in total. The number of hydrogen-bond donors (Lipinski definition) is 1. The summed E-state index contributed by atoms with van der Waals surface area (Å²) in [5.74, 6) is -0.232. The monoisotopic (exact) mass is 312 g/mol. The number of methoxy groups -OCH3 is 1. The first-order valence-electron chi connectivity index (χ1n) is 8.37. The summed E-state index contributed by atoms with van der Waals surface area (Å²) in [5.41, 5.74) is 0. The van der Waals surface area contributed by atoms with Crippen LogP contribution in [0.15, 0.2) is 0 Å². The van der Waals surface area contributed by atoms with Crippen LogP contribution < -0.4 is 5.32 Å². The summed E-state index contributed by atoms with van der Waals surface area (Å²) in [6.07, 6.45) is 5.20. The van der Waals surface area contributed by atoms with Crippen LogP contribution in [0.5, 0.6) is 0 Å². The van der Waals surface area contributed by atoms with Gasteiger partial charge in [-0.3, -0.25) is 4.79 Å². The zero-order chi connectivity index (χ0) is 15.7. The Hall–Kier alpha value is -1.17. The zero-order valence-corrected chi connectivity index (χ0v) is 13.1. The van der Waals surface area contributed by atoms with E-state index in [1.54, 1.807) is 4.90 Å². The second-order valence-electron chi connectivity index (χ2n) is 6.83. The van der Waals surface area contributed by atoms with E-state index in [1.807, 2.05) is 0 Å². The minimum atomic E-state index is -0.653. The number of nitrogens with one attached hydrogen (secondary N) is 1. The molecule has 22 heavy (non-hydrogen) atoms. The molecule has 5 nitrogen and oxygen atoms in total. The molecule has 0 aromatic heterocycles. The molecule has 124 valence electrons. The van der Waals surface area contributed by atoms with Crippen molar-refractivity contribution in [2.45, 2.75) is 81.7 Å². The first kappa shape index (κ1) is 15.7. The van der Waals surface area contributed by atoms with Crippen molar-refractivity contribution in [2.75, 3.05) is 7.11 Å². The molecule has 2 saturated heterocycles. The van der Waals surface area contributed by atoms with E-state index in [-0.39, 0.29) is 24.0 Å². The summed E-state index contributed by atoms with van der Waals surface area (Å²) < 4.78 is 17.8. The van der Waals surface area contributed by atoms with Gasteiger partial charge in [0.2, 0.25) is 5.91 Å². The molecule has 1 aliphatic carbocycles. The predicted molar refractivity (Wildman–Crippen MR) is 79.0 cm³/mol. The maximum absolute atomic E-state index is 13.0. The Balaban J connectivity index is 1.64. The largest absolute Gasteiger partial charge is 0.467 e. The molecule has 6 heteroatoms. The van der Waals surface area contributed by atoms with Gasteiger partial charge in [-0.25, -0.2) is 9.18 Å². The Bertz CT molecular complexity index is 439. The molecule has 2 heterocycles. The molecule has 3 rings (SSSR count). The number of ether oxygens (including phenoxy) is 1. The Labute approximate surface area is 130 Å². The second kappa shape index (κ2) is 6.52. The van der Waals surface area contributed by atoms with Gasteiger partial charge in [0.05, 0.1) is 7.11 Å². The molecule has 3 aliphatic rings. The highest BCUT2D eigenvalue weighted by Crippen LogP contribution is 2.33. The van der Waals surface area contributed by atoms with Gasteiger partial charge in [-0.2, -0.15) is 0 Å². The molecule has 0 spiro atoms. The number of carbonyl (C=O) groups is 2. The third kappa shape index (κ3) is 3.12. The van der Waals surface area contributed by atoms with Gasteiger partial charge in [-0.05, 0) is 44.9 Å². The van der Waals surface area contributed by atoms with E-state index in [4.69, 9.17) is 4.74 Å². The van der Waals surface area contributed by atoms with E-state index in [2.05, 4.69) is 5.32 Å². The van der Waals surface area contributed by atoms with Crippen LogP contribution in [0.2, 0.25) is 0 Å². The number of hydrogen-bond acceptors (Lipinski definition) is 4. The molecule has 3 fully saturated rings. The standard InChI is InChI=1S/C16H25FN2O3/c1-22-16(21)14-6-5-13-9-11(18-12-7-10(17)8-12)3-2-4-15(20)19(13)14/h10-14,18H,2-9H2,1H3/t10?,11-,12?,13+,14-/m0/s1. The van der Waals surface area contributed by atoms with Crippen molar-refractivity contribution in [3.05, 3.63) is 0 Å². The summed E-state index contributed by atoms with van der Waals surface area (Å²) in [6, 6.07) is 0.284. The average molecular weight is 312 g/mol. The maximum Gasteiger partial charge on any atom is 0.328 e. The summed E-state index contributed by atoms with van der Waals surface area (Å²) in [4.78, 5) is 26.0. The van der Waals surface area contributed by atoms with Crippen molar-refractivity contribution in [2.24, 2.45) is 0 Å². The van der Waals surface area contributed by atoms with Crippen molar-refractivity contribution in [3.8, 4) is 0 Å². The molecule has 1 amide bonds. The lowest BCUT2D eigenvalue weighted by Gasteiger charge is -2.38. The summed E-state index contributed by atoms with van der Waals surface area (Å²) in [7, 11) is 1.37. The number of esters is 1. The molecule has 3 atom stereocenters. The van der Waals surface area contributed by atoms with E-state index in [1.165, 1.54) is 7.11 Å². The Morgan fingerprint density at radius 3 is 2.68 bits per heavy atom. The number of fused-ring (bicyclic) bond motifs is 1. The Morgan fingerprint density at radius 2 is 2.00 bits per heavy atom. The first-order chi connectivity index (χ1) is 10.6. The fourth-order valence-electron chi connectivity index (χ4n) is 4.10. The molecule has 2 aliphatic heterocycles. The Morgan fingerprint density at radius 1 is 1.23 bits per heavy atom. The minimum absolute atomic E-state index is 0.0730. The molecular formula is C16H25FN2O3. The quantitative estimate of drug-likeness (QED) is 0.803. The molecule has 0 bridgehead atoms. The van der Waals surface area contributed by atoms with Crippen molar-refractivity contribution in [1.82, 2.24) is 10.2 Å². The molecule has 0 radical (unpaired) electrons. The van der Waals surface area contributed by atoms with Crippen LogP contribution in [0.3, 0.4) is 0 Å². The number of alkyl halides is 1. The number of carbonyl (C=O) groups excluding carboxylic acids is 2. The summed E-state index contributed by atoms with van der Waals surface area (Å²) in [6.45, 7) is 0. The third-order valence-corrected chi connectivity index (χ3v) is 5.32. The van der Waals surface area contributed by atoms with Crippen molar-refractivity contribution in [1.29, 1.82) is 0 Å². The molecular weight excluding hydrogens is 287 g/mol. The lowest BCUT2D eigenvalue weighted by atomic mass is 9.88. The molecule has 0 aromatic rings. The predicted octanol–water partition coefficient (Wildman–Crippen LogP) is 1.55. The van der Waals surface area contributed by atoms with Crippen molar-refractivity contribution in [3.63, 3.8) is 0 Å². The van der Waals surface area contributed by atoms with Gasteiger partial charge in [0.25, 0.3) is 0 Å². The first-order valence-corrected chi connectivity index (χ1v) is 8.37. The van der Waals surface area contributed by atoms with Gasteiger partial charge in [0.1, 0.15) is 12.2 Å². The lowest BCUT2D eigenvalue weighted by molar-refractivity contribution is -0.152. The lowest BCUT2D eigenvalue weighted by Crippen LogP contribution is -2.52. The van der Waals surface area contributed by atoms with E-state index in [0.29, 0.717) is 31.7 Å². The highest BCUT2D eigenvalue weighted by molar-refractivity contribution is 5.85. The normalized spacial score (nSPS) is 38.7. The third-order valence-electron chi connectivity index (χ3n) is 5.32. The van der Waals surface area contributed by atoms with Crippen LogP contribution in [-0.4, -0.2) is 54.2 Å². The fourth-order valence-corrected chi connectivity index (χ4v) is 4.10. The fraction of sp³-hybridized carbons (Fsp3) is 0.875. The molecule has 0 aromatic carbocycles. The van der Waals surface area contributed by atoms with Crippen LogP contribution in [0.1, 0.15) is 51.4 Å². The number of nitrogens with zero attached hydrogens (tertiary/aromatic N) is 1. The highest BCUT2D eigenvalue weighted by atomic mass is 19.1. The summed E-state index contributed by atoms with van der Waals surface area (Å²) in [5, 5.41) is 3.54. The number of rotatable bonds is 3. The summed E-state index contributed by atoms with van der Waals surface area (Å²) >= 11 is 0. The van der Waals surface area contributed by atoms with Crippen LogP contribution in [0.4, 0.5) is 4.39 Å². The van der Waals surface area contributed by atoms with Crippen molar-refractivity contribution >= 4 is 11.9 Å². The topological polar surface area (TPSA) is 58.6 Å². The van der Waals surface area contributed by atoms with Gasteiger partial charge < -0.3 is 15.0 Å². The number of amides is 1. The van der Waals surface area contributed by atoms with E-state index < -0.39 is 12.2 Å². The van der Waals surface area contributed by atoms with E-state index in [9.17, 15) is 14.0 Å². The van der Waals surface area contributed by atoms with Crippen molar-refractivity contribution < 1.29 is 18.7 Å². The smallest absolute Gasteiger partial charge is 0.328 e.